The topological polar surface area (TPSA) is 20.2 Å². The molecule has 78 valence electrons. The maximum Gasteiger partial charge on any atom is 0.0701 e. The third-order valence-corrected chi connectivity index (χ3v) is 4.03. The average Bonchev–Trinajstić information content (AvgIpc) is 2.60. The molecule has 0 spiro atoms. The van der Waals surface area contributed by atoms with Gasteiger partial charge in [-0.05, 0) is 36.1 Å². The molecule has 1 N–H and O–H groups in total. The summed E-state index contributed by atoms with van der Waals surface area (Å²) in [5.74, 6) is 0. The van der Waals surface area contributed by atoms with Gasteiger partial charge in [-0.25, -0.2) is 0 Å². The van der Waals surface area contributed by atoms with Crippen molar-refractivity contribution in [3.8, 4) is 0 Å². The molecule has 14 heavy (non-hydrogen) atoms. The van der Waals surface area contributed by atoms with E-state index in [-0.39, 0.29) is 0 Å². The molecule has 0 amide bonds. The summed E-state index contributed by atoms with van der Waals surface area (Å²) in [6, 6.07) is 4.18. The average molecular weight is 210 g/mol. The van der Waals surface area contributed by atoms with Crippen LogP contribution in [0.25, 0.3) is 0 Å². The van der Waals surface area contributed by atoms with Crippen LogP contribution in [0, 0.1) is 5.41 Å². The predicted octanol–water partition coefficient (Wildman–Crippen LogP) is 3.23. The lowest BCUT2D eigenvalue weighted by Gasteiger charge is -2.24. The first-order chi connectivity index (χ1) is 6.49. The van der Waals surface area contributed by atoms with Crippen molar-refractivity contribution in [1.82, 2.24) is 0 Å². The number of rotatable bonds is 2. The zero-order valence-electron chi connectivity index (χ0n) is 8.92. The van der Waals surface area contributed by atoms with Crippen LogP contribution >= 0.6 is 11.3 Å². The van der Waals surface area contributed by atoms with Crippen molar-refractivity contribution in [2.24, 2.45) is 5.41 Å². The number of hydrogen-bond acceptors (Lipinski definition) is 2. The second-order valence-corrected chi connectivity index (χ2v) is 6.35. The molecule has 1 aromatic rings. The summed E-state index contributed by atoms with van der Waals surface area (Å²) in [6.45, 7) is 4.50. The van der Waals surface area contributed by atoms with E-state index in [0.717, 1.165) is 25.7 Å². The molecule has 0 radical (unpaired) electrons. The van der Waals surface area contributed by atoms with E-state index in [0.29, 0.717) is 5.41 Å². The third-order valence-electron chi connectivity index (χ3n) is 3.16. The van der Waals surface area contributed by atoms with Crippen LogP contribution in [-0.4, -0.2) is 10.7 Å². The van der Waals surface area contributed by atoms with Crippen LogP contribution in [0.4, 0.5) is 0 Å². The first kappa shape index (κ1) is 10.2. The van der Waals surface area contributed by atoms with Crippen molar-refractivity contribution < 1.29 is 5.11 Å². The van der Waals surface area contributed by atoms with E-state index in [1.54, 1.807) is 11.3 Å². The summed E-state index contributed by atoms with van der Waals surface area (Å²) in [6.07, 6.45) is 3.89. The third kappa shape index (κ3) is 2.18. The van der Waals surface area contributed by atoms with Gasteiger partial charge in [-0.1, -0.05) is 19.9 Å². The van der Waals surface area contributed by atoms with E-state index in [1.165, 1.54) is 4.88 Å². The van der Waals surface area contributed by atoms with E-state index < -0.39 is 5.60 Å². The lowest BCUT2D eigenvalue weighted by molar-refractivity contribution is 0.0386. The largest absolute Gasteiger partial charge is 0.389 e. The van der Waals surface area contributed by atoms with Crippen LogP contribution in [0.15, 0.2) is 17.5 Å². The fourth-order valence-electron chi connectivity index (χ4n) is 2.53. The number of aliphatic hydroxyl groups is 1. The second-order valence-electron chi connectivity index (χ2n) is 5.32. The summed E-state index contributed by atoms with van der Waals surface area (Å²) in [5.41, 5.74) is -0.111. The second kappa shape index (κ2) is 3.35. The molecule has 1 heterocycles. The van der Waals surface area contributed by atoms with E-state index in [1.807, 2.05) is 0 Å². The normalized spacial score (nSPS) is 30.8. The molecular weight excluding hydrogens is 192 g/mol. The minimum atomic E-state index is -0.436. The van der Waals surface area contributed by atoms with E-state index >= 15 is 0 Å². The maximum atomic E-state index is 10.4. The molecule has 0 aromatic carbocycles. The molecule has 2 rings (SSSR count). The Morgan fingerprint density at radius 1 is 1.43 bits per heavy atom. The van der Waals surface area contributed by atoms with Gasteiger partial charge >= 0.3 is 0 Å². The zero-order chi connectivity index (χ0) is 10.2. The Morgan fingerprint density at radius 2 is 2.21 bits per heavy atom. The zero-order valence-corrected chi connectivity index (χ0v) is 9.73. The van der Waals surface area contributed by atoms with Crippen molar-refractivity contribution >= 4 is 11.3 Å². The molecule has 1 aliphatic carbocycles. The first-order valence-corrected chi connectivity index (χ1v) is 6.12. The predicted molar refractivity (Wildman–Crippen MR) is 60.6 cm³/mol. The van der Waals surface area contributed by atoms with Crippen LogP contribution in [0.5, 0.6) is 0 Å². The van der Waals surface area contributed by atoms with Crippen LogP contribution in [0.2, 0.25) is 0 Å². The van der Waals surface area contributed by atoms with E-state index in [2.05, 4.69) is 31.4 Å². The molecule has 1 aliphatic rings. The summed E-state index contributed by atoms with van der Waals surface area (Å²) >= 11 is 1.75. The fourth-order valence-corrected chi connectivity index (χ4v) is 3.37. The van der Waals surface area contributed by atoms with E-state index in [4.69, 9.17) is 0 Å². The van der Waals surface area contributed by atoms with E-state index in [9.17, 15) is 5.11 Å². The Bertz CT molecular complexity index is 302. The highest BCUT2D eigenvalue weighted by atomic mass is 32.1. The van der Waals surface area contributed by atoms with Crippen LogP contribution in [0.1, 0.15) is 38.0 Å². The Hall–Kier alpha value is -0.340. The quantitative estimate of drug-likeness (QED) is 0.794. The highest BCUT2D eigenvalue weighted by Gasteiger charge is 2.41. The highest BCUT2D eigenvalue weighted by molar-refractivity contribution is 7.09. The lowest BCUT2D eigenvalue weighted by Crippen LogP contribution is -2.28. The van der Waals surface area contributed by atoms with Gasteiger partial charge < -0.3 is 5.11 Å². The van der Waals surface area contributed by atoms with Crippen LogP contribution < -0.4 is 0 Å². The van der Waals surface area contributed by atoms with Gasteiger partial charge in [-0.15, -0.1) is 11.3 Å². The molecule has 0 aliphatic heterocycles. The smallest absolute Gasteiger partial charge is 0.0701 e. The molecule has 0 bridgehead atoms. The van der Waals surface area contributed by atoms with Gasteiger partial charge in [0.15, 0.2) is 0 Å². The minimum absolute atomic E-state index is 0.325. The summed E-state index contributed by atoms with van der Waals surface area (Å²) in [4.78, 5) is 1.31. The van der Waals surface area contributed by atoms with Gasteiger partial charge in [0.25, 0.3) is 0 Å². The Kier molecular flexibility index (Phi) is 2.44. The molecule has 1 nitrogen and oxygen atoms in total. The van der Waals surface area contributed by atoms with Gasteiger partial charge in [-0.2, -0.15) is 0 Å². The molecule has 2 heteroatoms. The molecule has 1 aromatic heterocycles. The van der Waals surface area contributed by atoms with Crippen molar-refractivity contribution in [3.05, 3.63) is 22.4 Å². The van der Waals surface area contributed by atoms with Crippen molar-refractivity contribution in [1.29, 1.82) is 0 Å². The minimum Gasteiger partial charge on any atom is -0.389 e. The van der Waals surface area contributed by atoms with Gasteiger partial charge in [0.2, 0.25) is 0 Å². The summed E-state index contributed by atoms with van der Waals surface area (Å²) in [5, 5.41) is 12.5. The van der Waals surface area contributed by atoms with Gasteiger partial charge in [0.05, 0.1) is 5.60 Å². The van der Waals surface area contributed by atoms with Crippen molar-refractivity contribution in [3.63, 3.8) is 0 Å². The van der Waals surface area contributed by atoms with Crippen LogP contribution in [0.3, 0.4) is 0 Å². The molecule has 1 atom stereocenters. The Balaban J connectivity index is 2.05. The molecular formula is C12H18OS. The van der Waals surface area contributed by atoms with Crippen molar-refractivity contribution in [2.45, 2.75) is 45.1 Å². The Morgan fingerprint density at radius 3 is 2.71 bits per heavy atom. The molecule has 1 fully saturated rings. The molecule has 1 unspecified atom stereocenters. The van der Waals surface area contributed by atoms with Crippen molar-refractivity contribution in [2.75, 3.05) is 0 Å². The highest BCUT2D eigenvalue weighted by Crippen LogP contribution is 2.45. The fraction of sp³-hybridized carbons (Fsp3) is 0.667. The molecule has 1 saturated carbocycles. The van der Waals surface area contributed by atoms with Gasteiger partial charge in [0, 0.05) is 11.3 Å². The summed E-state index contributed by atoms with van der Waals surface area (Å²) in [7, 11) is 0. The molecule has 0 saturated heterocycles. The van der Waals surface area contributed by atoms with Crippen LogP contribution in [-0.2, 0) is 6.42 Å². The SMILES string of the molecule is CC1(C)CCC(O)(Cc2cccs2)C1. The van der Waals surface area contributed by atoms with Gasteiger partial charge in [0.1, 0.15) is 0 Å². The standard InChI is InChI=1S/C12H18OS/c1-11(2)5-6-12(13,9-11)8-10-4-3-7-14-10/h3-4,7,13H,5-6,8-9H2,1-2H3. The monoisotopic (exact) mass is 210 g/mol. The Labute approximate surface area is 89.8 Å². The summed E-state index contributed by atoms with van der Waals surface area (Å²) < 4.78 is 0. The number of hydrogen-bond donors (Lipinski definition) is 1. The number of thiophene rings is 1. The maximum absolute atomic E-state index is 10.4. The lowest BCUT2D eigenvalue weighted by atomic mass is 9.88. The van der Waals surface area contributed by atoms with Gasteiger partial charge in [-0.3, -0.25) is 0 Å². The first-order valence-electron chi connectivity index (χ1n) is 5.24.